The summed E-state index contributed by atoms with van der Waals surface area (Å²) in [6.07, 6.45) is -1.98. The lowest BCUT2D eigenvalue weighted by Gasteiger charge is -2.30. The molecule has 0 aromatic carbocycles. The molecule has 11 heteroatoms. The van der Waals surface area contributed by atoms with Crippen LogP contribution in [-0.2, 0) is 38.2 Å². The summed E-state index contributed by atoms with van der Waals surface area (Å²) in [6, 6.07) is 0. The number of nitrogens with one attached hydrogen (secondary N) is 1. The van der Waals surface area contributed by atoms with Crippen LogP contribution in [0.1, 0.15) is 60.8 Å². The Bertz CT molecular complexity index is 673. The van der Waals surface area contributed by atoms with Crippen LogP contribution in [0.4, 0.5) is 0 Å². The van der Waals surface area contributed by atoms with Crippen LogP contribution in [0.5, 0.6) is 0 Å². The lowest BCUT2D eigenvalue weighted by Crippen LogP contribution is -2.44. The third-order valence-corrected chi connectivity index (χ3v) is 5.26. The predicted octanol–water partition coefficient (Wildman–Crippen LogP) is 1.11. The van der Waals surface area contributed by atoms with E-state index < -0.39 is 46.5 Å². The van der Waals surface area contributed by atoms with Gasteiger partial charge in [-0.05, 0) is 12.8 Å². The highest BCUT2D eigenvalue weighted by Crippen LogP contribution is 2.24. The van der Waals surface area contributed by atoms with Crippen LogP contribution in [0.2, 0.25) is 0 Å². The topological polar surface area (TPSA) is 145 Å². The van der Waals surface area contributed by atoms with Gasteiger partial charge in [0.2, 0.25) is 12.2 Å². The molecule has 0 aromatic rings. The Morgan fingerprint density at radius 3 is 2.23 bits per heavy atom. The number of aliphatic hydroxyl groups is 1. The van der Waals surface area contributed by atoms with Gasteiger partial charge in [-0.15, -0.1) is 0 Å². The van der Waals surface area contributed by atoms with Gasteiger partial charge in [0.1, 0.15) is 0 Å². The largest absolute Gasteiger partial charge is 0.425 e. The van der Waals surface area contributed by atoms with Gasteiger partial charge in [0.25, 0.3) is 10.1 Å². The second-order valence-electron chi connectivity index (χ2n) is 8.04. The molecule has 176 valence electrons. The number of carbonyl (C=O) groups excluding carboxylic acids is 3. The molecule has 1 amide bonds. The molecule has 2 atom stereocenters. The minimum Gasteiger partial charge on any atom is -0.425 e. The van der Waals surface area contributed by atoms with Gasteiger partial charge in [-0.1, -0.05) is 34.6 Å². The van der Waals surface area contributed by atoms with Crippen molar-refractivity contribution in [3.63, 3.8) is 0 Å². The Hall–Kier alpha value is -1.72. The number of rotatable bonds is 14. The van der Waals surface area contributed by atoms with Crippen LogP contribution in [0.3, 0.4) is 0 Å². The summed E-state index contributed by atoms with van der Waals surface area (Å²) < 4.78 is 39.1. The molecule has 0 aliphatic rings. The molecule has 0 aliphatic carbocycles. The van der Waals surface area contributed by atoms with Crippen molar-refractivity contribution in [2.75, 3.05) is 18.9 Å². The normalized spacial score (nSPS) is 14.1. The maximum atomic E-state index is 12.3. The molecule has 0 radical (unpaired) electrons. The number of aliphatic hydroxyl groups excluding tert-OH is 1. The number of carbonyl (C=O) groups is 3. The standard InChI is InChI=1S/C19H35NO9S/c1-7-9-15(22)28-18(13(2)3)29-17(24)16(23)19(5,6)12-27-30(25,26)11-8-10-20-14(4)21/h13,16,18,23H,7-12H2,1-6H3,(H,20,21)/t16-,18?/m0/s1. The van der Waals surface area contributed by atoms with Gasteiger partial charge in [0, 0.05) is 31.2 Å². The van der Waals surface area contributed by atoms with Crippen molar-refractivity contribution in [3.8, 4) is 0 Å². The van der Waals surface area contributed by atoms with E-state index in [1.165, 1.54) is 20.8 Å². The Balaban J connectivity index is 4.80. The van der Waals surface area contributed by atoms with Crippen molar-refractivity contribution in [3.05, 3.63) is 0 Å². The third-order valence-electron chi connectivity index (χ3n) is 4.00. The molecule has 0 aromatic heterocycles. The van der Waals surface area contributed by atoms with Gasteiger partial charge in [-0.2, -0.15) is 8.42 Å². The molecule has 0 rings (SSSR count). The summed E-state index contributed by atoms with van der Waals surface area (Å²) in [4.78, 5) is 34.8. The predicted molar refractivity (Wildman–Crippen MR) is 109 cm³/mol. The first-order chi connectivity index (χ1) is 13.7. The van der Waals surface area contributed by atoms with E-state index in [1.54, 1.807) is 20.8 Å². The quantitative estimate of drug-likeness (QED) is 0.171. The van der Waals surface area contributed by atoms with Crippen molar-refractivity contribution in [2.24, 2.45) is 11.3 Å². The molecule has 10 nitrogen and oxygen atoms in total. The van der Waals surface area contributed by atoms with Gasteiger partial charge in [0.05, 0.1) is 12.4 Å². The second-order valence-corrected chi connectivity index (χ2v) is 9.80. The SMILES string of the molecule is CCCC(=O)OC(OC(=O)[C@H](O)C(C)(C)COS(=O)(=O)CCCNC(C)=O)C(C)C. The summed E-state index contributed by atoms with van der Waals surface area (Å²) in [5, 5.41) is 12.8. The van der Waals surface area contributed by atoms with E-state index in [0.717, 1.165) is 0 Å². The molecule has 0 spiro atoms. The molecule has 0 heterocycles. The highest BCUT2D eigenvalue weighted by molar-refractivity contribution is 7.86. The van der Waals surface area contributed by atoms with Gasteiger partial charge >= 0.3 is 11.9 Å². The minimum absolute atomic E-state index is 0.159. The highest BCUT2D eigenvalue weighted by Gasteiger charge is 2.38. The summed E-state index contributed by atoms with van der Waals surface area (Å²) in [5.74, 6) is -2.50. The third kappa shape index (κ3) is 11.5. The second kappa shape index (κ2) is 12.9. The zero-order chi connectivity index (χ0) is 23.5. The molecular weight excluding hydrogens is 418 g/mol. The number of amides is 1. The summed E-state index contributed by atoms with van der Waals surface area (Å²) in [6.45, 7) is 9.10. The van der Waals surface area contributed by atoms with E-state index in [1.807, 2.05) is 0 Å². The zero-order valence-corrected chi connectivity index (χ0v) is 19.4. The smallest absolute Gasteiger partial charge is 0.338 e. The lowest BCUT2D eigenvalue weighted by atomic mass is 9.87. The summed E-state index contributed by atoms with van der Waals surface area (Å²) in [7, 11) is -3.91. The number of hydrogen-bond acceptors (Lipinski definition) is 9. The van der Waals surface area contributed by atoms with Crippen LogP contribution in [0.15, 0.2) is 0 Å². The Morgan fingerprint density at radius 1 is 1.13 bits per heavy atom. The molecule has 2 N–H and O–H groups in total. The fourth-order valence-corrected chi connectivity index (χ4v) is 3.18. The average Bonchev–Trinajstić information content (AvgIpc) is 2.62. The molecule has 1 unspecified atom stereocenters. The lowest BCUT2D eigenvalue weighted by molar-refractivity contribution is -0.205. The fourth-order valence-electron chi connectivity index (χ4n) is 2.08. The summed E-state index contributed by atoms with van der Waals surface area (Å²) >= 11 is 0. The van der Waals surface area contributed by atoms with Crippen LogP contribution in [0, 0.1) is 11.3 Å². The Labute approximate surface area is 178 Å². The number of ether oxygens (including phenoxy) is 2. The van der Waals surface area contributed by atoms with Gasteiger partial charge in [-0.3, -0.25) is 13.8 Å². The van der Waals surface area contributed by atoms with Crippen molar-refractivity contribution in [2.45, 2.75) is 73.2 Å². The van der Waals surface area contributed by atoms with Crippen molar-refractivity contribution < 1.29 is 41.6 Å². The van der Waals surface area contributed by atoms with Crippen LogP contribution in [0.25, 0.3) is 0 Å². The van der Waals surface area contributed by atoms with E-state index in [9.17, 15) is 27.9 Å². The molecular formula is C19H35NO9S. The van der Waals surface area contributed by atoms with Crippen molar-refractivity contribution >= 4 is 28.0 Å². The Kier molecular flexibility index (Phi) is 12.1. The monoisotopic (exact) mass is 453 g/mol. The number of hydrogen-bond donors (Lipinski definition) is 2. The van der Waals surface area contributed by atoms with E-state index in [-0.39, 0.29) is 37.0 Å². The number of esters is 2. The Morgan fingerprint density at radius 2 is 1.73 bits per heavy atom. The van der Waals surface area contributed by atoms with Gasteiger partial charge in [0.15, 0.2) is 6.10 Å². The molecule has 0 bridgehead atoms. The average molecular weight is 454 g/mol. The molecule has 30 heavy (non-hydrogen) atoms. The molecule has 0 aliphatic heterocycles. The van der Waals surface area contributed by atoms with Crippen molar-refractivity contribution in [1.82, 2.24) is 5.32 Å². The molecule has 0 fully saturated rings. The first-order valence-corrected chi connectivity index (χ1v) is 11.5. The van der Waals surface area contributed by atoms with E-state index >= 15 is 0 Å². The first kappa shape index (κ1) is 28.3. The van der Waals surface area contributed by atoms with E-state index in [4.69, 9.17) is 13.7 Å². The summed E-state index contributed by atoms with van der Waals surface area (Å²) in [5.41, 5.74) is -1.29. The van der Waals surface area contributed by atoms with E-state index in [0.29, 0.717) is 6.42 Å². The highest BCUT2D eigenvalue weighted by atomic mass is 32.2. The van der Waals surface area contributed by atoms with Crippen LogP contribution < -0.4 is 5.32 Å². The van der Waals surface area contributed by atoms with Crippen molar-refractivity contribution in [1.29, 1.82) is 0 Å². The van der Waals surface area contributed by atoms with Gasteiger partial charge in [-0.25, -0.2) is 4.79 Å². The van der Waals surface area contributed by atoms with Crippen LogP contribution >= 0.6 is 0 Å². The maximum Gasteiger partial charge on any atom is 0.338 e. The van der Waals surface area contributed by atoms with Gasteiger partial charge < -0.3 is 19.9 Å². The molecule has 0 saturated carbocycles. The zero-order valence-electron chi connectivity index (χ0n) is 18.6. The molecule has 0 saturated heterocycles. The maximum absolute atomic E-state index is 12.3. The fraction of sp³-hybridized carbons (Fsp3) is 0.842. The minimum atomic E-state index is -3.91. The van der Waals surface area contributed by atoms with Crippen LogP contribution in [-0.4, -0.2) is 62.7 Å². The van der Waals surface area contributed by atoms with E-state index in [2.05, 4.69) is 5.32 Å². The first-order valence-electron chi connectivity index (χ1n) is 9.91.